The molecule has 0 radical (unpaired) electrons. The summed E-state index contributed by atoms with van der Waals surface area (Å²) in [7, 11) is -7.33. The Morgan fingerprint density at radius 2 is 1.63 bits per heavy atom. The summed E-state index contributed by atoms with van der Waals surface area (Å²) >= 11 is 0. The molecule has 1 fully saturated rings. The van der Waals surface area contributed by atoms with E-state index in [0.717, 1.165) is 55.4 Å². The lowest BCUT2D eigenvalue weighted by Crippen LogP contribution is -2.49. The van der Waals surface area contributed by atoms with Gasteiger partial charge in [-0.2, -0.15) is 0 Å². The number of aryl methyl sites for hydroxylation is 1. The van der Waals surface area contributed by atoms with Crippen molar-refractivity contribution in [3.8, 4) is 11.6 Å². The molecule has 242 valence electrons. The summed E-state index contributed by atoms with van der Waals surface area (Å²) in [6.07, 6.45) is 6.90. The Balaban J connectivity index is 1.21. The van der Waals surface area contributed by atoms with Crippen LogP contribution in [0.15, 0.2) is 90.1 Å². The van der Waals surface area contributed by atoms with E-state index in [1.165, 1.54) is 18.2 Å². The van der Waals surface area contributed by atoms with Crippen LogP contribution in [0.2, 0.25) is 0 Å². The molecule has 0 aliphatic carbocycles. The third-order valence-electron chi connectivity index (χ3n) is 7.40. The summed E-state index contributed by atoms with van der Waals surface area (Å²) in [4.78, 5) is 26.1. The van der Waals surface area contributed by atoms with E-state index in [2.05, 4.69) is 24.9 Å². The predicted octanol–water partition coefficient (Wildman–Crippen LogP) is 5.06. The fourth-order valence-corrected chi connectivity index (χ4v) is 6.61. The number of nitrogens with zero attached hydrogens (tertiary/aromatic N) is 4. The number of ether oxygens (including phenoxy) is 1. The van der Waals surface area contributed by atoms with Crippen molar-refractivity contribution in [1.29, 1.82) is 0 Å². The molecule has 2 N–H and O–H groups in total. The monoisotopic (exact) mass is 664 g/mol. The molecule has 12 nitrogen and oxygen atoms in total. The summed E-state index contributed by atoms with van der Waals surface area (Å²) in [5.74, 6) is 0.235. The number of hydrogen-bond acceptors (Lipinski definition) is 9. The van der Waals surface area contributed by atoms with Crippen LogP contribution in [0.1, 0.15) is 24.1 Å². The number of aromatic nitrogens is 2. The Kier molecular flexibility index (Phi) is 9.89. The van der Waals surface area contributed by atoms with Crippen molar-refractivity contribution in [2.24, 2.45) is 0 Å². The Labute approximate surface area is 269 Å². The van der Waals surface area contributed by atoms with Crippen LogP contribution in [0, 0.1) is 6.92 Å². The van der Waals surface area contributed by atoms with Gasteiger partial charge in [0.25, 0.3) is 0 Å². The third kappa shape index (κ3) is 8.80. The average Bonchev–Trinajstić information content (AvgIpc) is 3.00. The first-order valence-corrected chi connectivity index (χ1v) is 18.4. The SMILES string of the molecule is Cc1ccc(NC(=O)N(c2ccccc2)C2CCN(Cc3ccc(Oc4ccc(NS(C)(=O)=O)cc4S(C)(=O)=O)nc3)CC2)cn1. The number of likely N-dealkylation sites (tertiary alicyclic amines) is 1. The van der Waals surface area contributed by atoms with Crippen LogP contribution in [0.3, 0.4) is 0 Å². The molecule has 1 aliphatic heterocycles. The molecular weight excluding hydrogens is 629 g/mol. The van der Waals surface area contributed by atoms with Crippen LogP contribution in [0.4, 0.5) is 21.9 Å². The Hall–Kier alpha value is -4.53. The minimum Gasteiger partial charge on any atom is -0.438 e. The molecule has 14 heteroatoms. The maximum atomic E-state index is 13.5. The highest BCUT2D eigenvalue weighted by molar-refractivity contribution is 7.92. The number of urea groups is 1. The number of para-hydroxylation sites is 1. The normalized spacial score (nSPS) is 14.4. The number of benzene rings is 2. The van der Waals surface area contributed by atoms with Gasteiger partial charge >= 0.3 is 6.03 Å². The van der Waals surface area contributed by atoms with E-state index in [9.17, 15) is 21.6 Å². The highest BCUT2D eigenvalue weighted by Gasteiger charge is 2.29. The zero-order chi connectivity index (χ0) is 32.9. The number of anilines is 3. The predicted molar refractivity (Wildman–Crippen MR) is 178 cm³/mol. The Bertz CT molecular complexity index is 1880. The first-order chi connectivity index (χ1) is 21.8. The summed E-state index contributed by atoms with van der Waals surface area (Å²) in [5.41, 5.74) is 3.41. The van der Waals surface area contributed by atoms with Gasteiger partial charge < -0.3 is 10.1 Å². The first kappa shape index (κ1) is 32.9. The standard InChI is InChI=1S/C32H36N6O6S2/c1-23-9-11-26(21-33-23)35-32(39)38(27-7-5-4-6-8-27)28-15-17-37(18-16-28)22-24-10-14-31(34-20-24)44-29-13-12-25(36-46(3,42)43)19-30(29)45(2,40)41/h4-14,19-21,28,36H,15-18,22H2,1-3H3,(H,35,39). The molecule has 2 aromatic heterocycles. The van der Waals surface area contributed by atoms with Crippen molar-refractivity contribution in [2.75, 3.05) is 40.5 Å². The maximum Gasteiger partial charge on any atom is 0.326 e. The summed E-state index contributed by atoms with van der Waals surface area (Å²) in [5, 5.41) is 2.99. The summed E-state index contributed by atoms with van der Waals surface area (Å²) in [6.45, 7) is 4.09. The highest BCUT2D eigenvalue weighted by Crippen LogP contribution is 2.31. The summed E-state index contributed by atoms with van der Waals surface area (Å²) in [6, 6.07) is 20.7. The molecule has 0 unspecified atom stereocenters. The van der Waals surface area contributed by atoms with Crippen LogP contribution in [0.5, 0.6) is 11.6 Å². The molecular formula is C32H36N6O6S2. The fraction of sp³-hybridized carbons (Fsp3) is 0.281. The van der Waals surface area contributed by atoms with E-state index in [0.29, 0.717) is 12.2 Å². The maximum absolute atomic E-state index is 13.5. The lowest BCUT2D eigenvalue weighted by Gasteiger charge is -2.38. The molecule has 0 saturated carbocycles. The van der Waals surface area contributed by atoms with E-state index in [4.69, 9.17) is 4.74 Å². The second kappa shape index (κ2) is 13.8. The van der Waals surface area contributed by atoms with Crippen molar-refractivity contribution < 1.29 is 26.4 Å². The van der Waals surface area contributed by atoms with Crippen molar-refractivity contribution in [1.82, 2.24) is 14.9 Å². The molecule has 1 saturated heterocycles. The number of sulfone groups is 1. The zero-order valence-corrected chi connectivity index (χ0v) is 27.4. The van der Waals surface area contributed by atoms with Gasteiger partial charge in [0.05, 0.1) is 23.8 Å². The third-order valence-corrected chi connectivity index (χ3v) is 9.13. The van der Waals surface area contributed by atoms with Gasteiger partial charge in [0.2, 0.25) is 15.9 Å². The number of hydrogen-bond donors (Lipinski definition) is 2. The summed E-state index contributed by atoms with van der Waals surface area (Å²) < 4.78 is 56.0. The number of carbonyl (C=O) groups is 1. The largest absolute Gasteiger partial charge is 0.438 e. The van der Waals surface area contributed by atoms with Gasteiger partial charge in [0.1, 0.15) is 10.6 Å². The first-order valence-electron chi connectivity index (χ1n) is 14.6. The van der Waals surface area contributed by atoms with Crippen molar-refractivity contribution in [3.63, 3.8) is 0 Å². The molecule has 2 amide bonds. The molecule has 1 aliphatic rings. The van der Waals surface area contributed by atoms with Gasteiger partial charge in [-0.25, -0.2) is 26.6 Å². The Morgan fingerprint density at radius 1 is 0.913 bits per heavy atom. The second-order valence-electron chi connectivity index (χ2n) is 11.2. The lowest BCUT2D eigenvalue weighted by molar-refractivity contribution is 0.199. The molecule has 3 heterocycles. The van der Waals surface area contributed by atoms with Gasteiger partial charge in [-0.3, -0.25) is 19.5 Å². The van der Waals surface area contributed by atoms with Crippen molar-refractivity contribution in [2.45, 2.75) is 37.2 Å². The van der Waals surface area contributed by atoms with Crippen LogP contribution in [-0.2, 0) is 26.4 Å². The van der Waals surface area contributed by atoms with Crippen molar-refractivity contribution >= 4 is 43.0 Å². The Morgan fingerprint density at radius 3 is 2.24 bits per heavy atom. The molecule has 5 rings (SSSR count). The number of amides is 2. The van der Waals surface area contributed by atoms with Gasteiger partial charge in [0, 0.05) is 55.6 Å². The van der Waals surface area contributed by atoms with E-state index >= 15 is 0 Å². The fourth-order valence-electron chi connectivity index (χ4n) is 5.24. The smallest absolute Gasteiger partial charge is 0.326 e. The number of carbonyl (C=O) groups excluding carboxylic acids is 1. The topological polar surface area (TPSA) is 151 Å². The minimum absolute atomic E-state index is 0.00835. The van der Waals surface area contributed by atoms with Crippen LogP contribution in [0.25, 0.3) is 0 Å². The number of nitrogens with one attached hydrogen (secondary N) is 2. The second-order valence-corrected chi connectivity index (χ2v) is 15.0. The van der Waals surface area contributed by atoms with Crippen LogP contribution < -0.4 is 19.7 Å². The zero-order valence-electron chi connectivity index (χ0n) is 25.8. The van der Waals surface area contributed by atoms with Crippen LogP contribution in [-0.4, -0.2) is 69.4 Å². The van der Waals surface area contributed by atoms with Gasteiger partial charge in [-0.1, -0.05) is 24.3 Å². The molecule has 46 heavy (non-hydrogen) atoms. The minimum atomic E-state index is -3.74. The van der Waals surface area contributed by atoms with Gasteiger partial charge in [-0.05, 0) is 67.8 Å². The van der Waals surface area contributed by atoms with E-state index in [1.54, 1.807) is 18.5 Å². The lowest BCUT2D eigenvalue weighted by atomic mass is 10.0. The number of rotatable bonds is 10. The van der Waals surface area contributed by atoms with Gasteiger partial charge in [0.15, 0.2) is 9.84 Å². The van der Waals surface area contributed by atoms with Crippen molar-refractivity contribution in [3.05, 3.63) is 96.4 Å². The van der Waals surface area contributed by atoms with E-state index < -0.39 is 19.9 Å². The highest BCUT2D eigenvalue weighted by atomic mass is 32.2. The number of pyridine rings is 2. The molecule has 0 bridgehead atoms. The quantitative estimate of drug-likeness (QED) is 0.237. The number of piperidine rings is 1. The van der Waals surface area contributed by atoms with Gasteiger partial charge in [-0.15, -0.1) is 0 Å². The molecule has 0 spiro atoms. The van der Waals surface area contributed by atoms with Crippen LogP contribution >= 0.6 is 0 Å². The molecule has 2 aromatic carbocycles. The number of sulfonamides is 1. The molecule has 0 atom stereocenters. The molecule has 4 aromatic rings. The van der Waals surface area contributed by atoms with E-state index in [1.807, 2.05) is 60.4 Å². The average molecular weight is 665 g/mol. The van der Waals surface area contributed by atoms with E-state index in [-0.39, 0.29) is 34.3 Å².